The molecule has 6 heteroatoms. The molecule has 132 valence electrons. The van der Waals surface area contributed by atoms with Crippen molar-refractivity contribution in [1.29, 1.82) is 0 Å². The number of halogens is 1. The number of ether oxygens (including phenoxy) is 1. The largest absolute Gasteiger partial charge is 0.465 e. The van der Waals surface area contributed by atoms with Gasteiger partial charge in [0.25, 0.3) is 0 Å². The van der Waals surface area contributed by atoms with Crippen LogP contribution in [-0.2, 0) is 15.3 Å². The third-order valence-corrected chi connectivity index (χ3v) is 4.85. The molecule has 2 aromatic carbocycles. The van der Waals surface area contributed by atoms with E-state index in [-0.39, 0.29) is 17.9 Å². The highest BCUT2D eigenvalue weighted by molar-refractivity contribution is 7.99. The highest BCUT2D eigenvalue weighted by Gasteiger charge is 2.10. The Morgan fingerprint density at radius 1 is 1.20 bits per heavy atom. The van der Waals surface area contributed by atoms with Gasteiger partial charge in [0.1, 0.15) is 0 Å². The fourth-order valence-corrected chi connectivity index (χ4v) is 3.20. The maximum absolute atomic E-state index is 12.1. The molecule has 0 spiro atoms. The van der Waals surface area contributed by atoms with Crippen LogP contribution >= 0.6 is 23.4 Å². The topological polar surface area (TPSA) is 55.4 Å². The molecular formula is C19H20ClNO3S. The van der Waals surface area contributed by atoms with Gasteiger partial charge in [-0.25, -0.2) is 4.79 Å². The van der Waals surface area contributed by atoms with Gasteiger partial charge < -0.3 is 10.1 Å². The van der Waals surface area contributed by atoms with Crippen molar-refractivity contribution in [2.24, 2.45) is 0 Å². The lowest BCUT2D eigenvalue weighted by Crippen LogP contribution is -2.28. The standard InChI is InChI=1S/C19H20ClNO3S/c1-13(15-6-8-17(20)9-7-15)21-18(22)12-25-11-14-4-3-5-16(10-14)19(23)24-2/h3-10,13H,11-12H2,1-2H3,(H,21,22)/t13-/m0/s1. The molecule has 1 N–H and O–H groups in total. The van der Waals surface area contributed by atoms with E-state index in [2.05, 4.69) is 5.32 Å². The molecule has 0 bridgehead atoms. The Labute approximate surface area is 156 Å². The minimum Gasteiger partial charge on any atom is -0.465 e. The highest BCUT2D eigenvalue weighted by Crippen LogP contribution is 2.17. The SMILES string of the molecule is COC(=O)c1cccc(CSCC(=O)N[C@@H](C)c2ccc(Cl)cc2)c1. The molecule has 1 atom stereocenters. The second kappa shape index (κ2) is 9.49. The number of methoxy groups -OCH3 is 1. The Hall–Kier alpha value is -1.98. The van der Waals surface area contributed by atoms with Crippen LogP contribution in [0.2, 0.25) is 5.02 Å². The molecule has 0 aliphatic rings. The maximum Gasteiger partial charge on any atom is 0.337 e. The van der Waals surface area contributed by atoms with E-state index in [4.69, 9.17) is 16.3 Å². The summed E-state index contributed by atoms with van der Waals surface area (Å²) >= 11 is 7.37. The van der Waals surface area contributed by atoms with Gasteiger partial charge >= 0.3 is 5.97 Å². The van der Waals surface area contributed by atoms with E-state index in [1.807, 2.05) is 43.3 Å². The molecule has 4 nitrogen and oxygen atoms in total. The number of hydrogen-bond acceptors (Lipinski definition) is 4. The van der Waals surface area contributed by atoms with Crippen LogP contribution in [0.15, 0.2) is 48.5 Å². The zero-order chi connectivity index (χ0) is 18.2. The van der Waals surface area contributed by atoms with Gasteiger partial charge in [0.05, 0.1) is 24.5 Å². The average Bonchev–Trinajstić information content (AvgIpc) is 2.61. The first-order valence-electron chi connectivity index (χ1n) is 7.79. The summed E-state index contributed by atoms with van der Waals surface area (Å²) in [6.07, 6.45) is 0. The fraction of sp³-hybridized carbons (Fsp3) is 0.263. The predicted octanol–water partition coefficient (Wildman–Crippen LogP) is 4.24. The number of esters is 1. The molecule has 25 heavy (non-hydrogen) atoms. The van der Waals surface area contributed by atoms with Gasteiger partial charge in [-0.2, -0.15) is 0 Å². The van der Waals surface area contributed by atoms with Gasteiger partial charge in [0.15, 0.2) is 0 Å². The first-order chi connectivity index (χ1) is 12.0. The number of hydrogen-bond donors (Lipinski definition) is 1. The van der Waals surface area contributed by atoms with Crippen molar-refractivity contribution in [2.75, 3.05) is 12.9 Å². The molecule has 1 amide bonds. The Bertz CT molecular complexity index is 734. The Balaban J connectivity index is 1.80. The quantitative estimate of drug-likeness (QED) is 0.733. The number of carbonyl (C=O) groups excluding carboxylic acids is 2. The third-order valence-electron chi connectivity index (χ3n) is 3.60. The smallest absolute Gasteiger partial charge is 0.337 e. The number of benzene rings is 2. The van der Waals surface area contributed by atoms with Crippen molar-refractivity contribution >= 4 is 35.2 Å². The summed E-state index contributed by atoms with van der Waals surface area (Å²) in [6, 6.07) is 14.6. The molecule has 0 aliphatic heterocycles. The lowest BCUT2D eigenvalue weighted by atomic mass is 10.1. The van der Waals surface area contributed by atoms with Crippen LogP contribution in [0.3, 0.4) is 0 Å². The molecule has 0 saturated carbocycles. The summed E-state index contributed by atoms with van der Waals surface area (Å²) in [5, 5.41) is 3.64. The van der Waals surface area contributed by atoms with Gasteiger partial charge in [-0.05, 0) is 42.3 Å². The second-order valence-electron chi connectivity index (χ2n) is 5.53. The van der Waals surface area contributed by atoms with Gasteiger partial charge in [0, 0.05) is 10.8 Å². The summed E-state index contributed by atoms with van der Waals surface area (Å²) < 4.78 is 4.71. The summed E-state index contributed by atoms with van der Waals surface area (Å²) in [5.74, 6) is 0.603. The zero-order valence-corrected chi connectivity index (χ0v) is 15.7. The number of carbonyl (C=O) groups is 2. The summed E-state index contributed by atoms with van der Waals surface area (Å²) in [5.41, 5.74) is 2.50. The van der Waals surface area contributed by atoms with Gasteiger partial charge in [-0.15, -0.1) is 11.8 Å². The molecule has 0 saturated heterocycles. The summed E-state index contributed by atoms with van der Waals surface area (Å²) in [4.78, 5) is 23.6. The lowest BCUT2D eigenvalue weighted by molar-refractivity contribution is -0.119. The highest BCUT2D eigenvalue weighted by atomic mass is 35.5. The summed E-state index contributed by atoms with van der Waals surface area (Å²) in [6.45, 7) is 1.94. The molecule has 0 aliphatic carbocycles. The molecular weight excluding hydrogens is 358 g/mol. The van der Waals surface area contributed by atoms with Crippen LogP contribution in [-0.4, -0.2) is 24.7 Å². The molecule has 0 aromatic heterocycles. The number of nitrogens with one attached hydrogen (secondary N) is 1. The summed E-state index contributed by atoms with van der Waals surface area (Å²) in [7, 11) is 1.36. The van der Waals surface area contributed by atoms with Crippen LogP contribution in [0.25, 0.3) is 0 Å². The van der Waals surface area contributed by atoms with E-state index in [0.717, 1.165) is 11.1 Å². The van der Waals surface area contributed by atoms with Gasteiger partial charge in [0.2, 0.25) is 5.91 Å². The lowest BCUT2D eigenvalue weighted by Gasteiger charge is -2.14. The maximum atomic E-state index is 12.1. The first-order valence-corrected chi connectivity index (χ1v) is 9.32. The van der Waals surface area contributed by atoms with E-state index in [9.17, 15) is 9.59 Å². The van der Waals surface area contributed by atoms with Crippen LogP contribution in [0.1, 0.15) is 34.5 Å². The Kier molecular flexibility index (Phi) is 7.34. The minimum absolute atomic E-state index is 0.0310. The molecule has 0 fully saturated rings. The molecule has 2 aromatic rings. The van der Waals surface area contributed by atoms with Crippen LogP contribution < -0.4 is 5.32 Å². The van der Waals surface area contributed by atoms with E-state index in [1.54, 1.807) is 12.1 Å². The van der Waals surface area contributed by atoms with E-state index in [0.29, 0.717) is 22.1 Å². The Morgan fingerprint density at radius 2 is 1.92 bits per heavy atom. The molecule has 2 rings (SSSR count). The van der Waals surface area contributed by atoms with E-state index in [1.165, 1.54) is 18.9 Å². The second-order valence-corrected chi connectivity index (χ2v) is 6.95. The van der Waals surface area contributed by atoms with Crippen molar-refractivity contribution in [3.8, 4) is 0 Å². The van der Waals surface area contributed by atoms with E-state index < -0.39 is 0 Å². The third kappa shape index (κ3) is 6.11. The van der Waals surface area contributed by atoms with Crippen LogP contribution in [0, 0.1) is 0 Å². The molecule has 0 unspecified atom stereocenters. The molecule has 0 heterocycles. The van der Waals surface area contributed by atoms with Crippen LogP contribution in [0.4, 0.5) is 0 Å². The van der Waals surface area contributed by atoms with Gasteiger partial charge in [-0.3, -0.25) is 4.79 Å². The average molecular weight is 378 g/mol. The first kappa shape index (κ1) is 19.3. The fourth-order valence-electron chi connectivity index (χ4n) is 2.29. The van der Waals surface area contributed by atoms with Crippen LogP contribution in [0.5, 0.6) is 0 Å². The predicted molar refractivity (Wildman–Crippen MR) is 102 cm³/mol. The zero-order valence-electron chi connectivity index (χ0n) is 14.1. The van der Waals surface area contributed by atoms with Crippen molar-refractivity contribution in [2.45, 2.75) is 18.7 Å². The van der Waals surface area contributed by atoms with Gasteiger partial charge in [-0.1, -0.05) is 35.9 Å². The molecule has 0 radical (unpaired) electrons. The number of amides is 1. The van der Waals surface area contributed by atoms with Crippen molar-refractivity contribution < 1.29 is 14.3 Å². The minimum atomic E-state index is -0.360. The van der Waals surface area contributed by atoms with E-state index >= 15 is 0 Å². The normalized spacial score (nSPS) is 11.6. The van der Waals surface area contributed by atoms with Crippen molar-refractivity contribution in [1.82, 2.24) is 5.32 Å². The number of thioether (sulfide) groups is 1. The monoisotopic (exact) mass is 377 g/mol. The Morgan fingerprint density at radius 3 is 2.60 bits per heavy atom. The van der Waals surface area contributed by atoms with Crippen molar-refractivity contribution in [3.05, 3.63) is 70.2 Å². The number of rotatable bonds is 7. The van der Waals surface area contributed by atoms with Crippen molar-refractivity contribution in [3.63, 3.8) is 0 Å².